The van der Waals surface area contributed by atoms with Gasteiger partial charge in [0.2, 0.25) is 0 Å². The summed E-state index contributed by atoms with van der Waals surface area (Å²) in [5.74, 6) is 0.277. The molecule has 0 aliphatic carbocycles. The Bertz CT molecular complexity index is 352. The van der Waals surface area contributed by atoms with Crippen molar-refractivity contribution >= 4 is 5.78 Å². The van der Waals surface area contributed by atoms with E-state index in [1.807, 2.05) is 0 Å². The molecule has 0 radical (unpaired) electrons. The highest BCUT2D eigenvalue weighted by molar-refractivity contribution is 5.75. The van der Waals surface area contributed by atoms with Crippen molar-refractivity contribution in [2.75, 3.05) is 0 Å². The number of rotatable bonds is 9. The predicted octanol–water partition coefficient (Wildman–Crippen LogP) is 5.77. The highest BCUT2D eigenvalue weighted by Crippen LogP contribution is 2.12. The van der Waals surface area contributed by atoms with E-state index in [0.717, 1.165) is 32.1 Å². The lowest BCUT2D eigenvalue weighted by atomic mass is 10.1. The molecule has 108 valence electrons. The van der Waals surface area contributed by atoms with Crippen LogP contribution in [0.1, 0.15) is 73.1 Å². The first-order valence-electron chi connectivity index (χ1n) is 7.36. The van der Waals surface area contributed by atoms with Crippen LogP contribution in [0.2, 0.25) is 0 Å². The van der Waals surface area contributed by atoms with Gasteiger partial charge in [-0.15, -0.1) is 0 Å². The first-order chi connectivity index (χ1) is 8.91. The van der Waals surface area contributed by atoms with Crippen molar-refractivity contribution in [2.45, 2.75) is 73.1 Å². The minimum absolute atomic E-state index is 0.277. The van der Waals surface area contributed by atoms with Crippen molar-refractivity contribution in [2.24, 2.45) is 0 Å². The van der Waals surface area contributed by atoms with Gasteiger partial charge >= 0.3 is 0 Å². The Hall–Kier alpha value is -1.11. The molecule has 19 heavy (non-hydrogen) atoms. The van der Waals surface area contributed by atoms with Crippen molar-refractivity contribution in [1.29, 1.82) is 0 Å². The molecule has 0 bridgehead atoms. The Morgan fingerprint density at radius 2 is 1.11 bits per heavy atom. The maximum absolute atomic E-state index is 10.8. The summed E-state index contributed by atoms with van der Waals surface area (Å²) in [7, 11) is 0. The average Bonchev–Trinajstić information content (AvgIpc) is 2.27. The van der Waals surface area contributed by atoms with Gasteiger partial charge in [-0.25, -0.2) is 0 Å². The molecule has 1 heteroatoms. The summed E-state index contributed by atoms with van der Waals surface area (Å²) in [6.45, 7) is 10.3. The standard InChI is InChI=1S/C18H30O/c1-15(2)9-6-10-16(3)11-7-12-17(4)13-8-14-18(5)19/h9,11,13H,6-8,10,12,14H2,1-5H3/b16-11?,17-13+. The molecule has 0 unspecified atom stereocenters. The Labute approximate surface area is 119 Å². The van der Waals surface area contributed by atoms with Crippen molar-refractivity contribution in [1.82, 2.24) is 0 Å². The number of carbonyl (C=O) groups excluding carboxylic acids is 1. The fourth-order valence-electron chi connectivity index (χ4n) is 1.86. The molecular formula is C18H30O. The molecule has 0 N–H and O–H groups in total. The Kier molecular flexibility index (Phi) is 10.1. The van der Waals surface area contributed by atoms with Gasteiger partial charge < -0.3 is 4.79 Å². The van der Waals surface area contributed by atoms with E-state index in [4.69, 9.17) is 0 Å². The van der Waals surface area contributed by atoms with Gasteiger partial charge in [0.15, 0.2) is 0 Å². The van der Waals surface area contributed by atoms with Crippen LogP contribution >= 0.6 is 0 Å². The van der Waals surface area contributed by atoms with E-state index in [-0.39, 0.29) is 5.78 Å². The van der Waals surface area contributed by atoms with Crippen LogP contribution in [-0.2, 0) is 4.79 Å². The topological polar surface area (TPSA) is 17.1 Å². The molecule has 0 aromatic heterocycles. The molecule has 0 heterocycles. The Morgan fingerprint density at radius 3 is 1.53 bits per heavy atom. The summed E-state index contributed by atoms with van der Waals surface area (Å²) in [6, 6.07) is 0. The predicted molar refractivity (Wildman–Crippen MR) is 85.3 cm³/mol. The van der Waals surface area contributed by atoms with E-state index < -0.39 is 0 Å². The second-order valence-electron chi connectivity index (χ2n) is 5.70. The van der Waals surface area contributed by atoms with Crippen LogP contribution in [0.5, 0.6) is 0 Å². The summed E-state index contributed by atoms with van der Waals surface area (Å²) in [6.07, 6.45) is 13.0. The second-order valence-corrected chi connectivity index (χ2v) is 5.70. The quantitative estimate of drug-likeness (QED) is 0.482. The van der Waals surface area contributed by atoms with E-state index in [2.05, 4.69) is 45.9 Å². The smallest absolute Gasteiger partial charge is 0.130 e. The SMILES string of the molecule is CC(=O)CC/C=C(\C)CCC=C(C)CCC=C(C)C. The van der Waals surface area contributed by atoms with Gasteiger partial charge in [0, 0.05) is 6.42 Å². The van der Waals surface area contributed by atoms with Crippen molar-refractivity contribution in [3.8, 4) is 0 Å². The maximum atomic E-state index is 10.8. The van der Waals surface area contributed by atoms with E-state index in [0.29, 0.717) is 6.42 Å². The van der Waals surface area contributed by atoms with E-state index in [1.165, 1.54) is 16.7 Å². The zero-order valence-electron chi connectivity index (χ0n) is 13.4. The van der Waals surface area contributed by atoms with E-state index >= 15 is 0 Å². The Balaban J connectivity index is 3.86. The molecule has 1 nitrogen and oxygen atoms in total. The molecule has 0 rings (SSSR count). The Morgan fingerprint density at radius 1 is 0.684 bits per heavy atom. The second kappa shape index (κ2) is 10.8. The fraction of sp³-hybridized carbons (Fsp3) is 0.611. The molecule has 0 fully saturated rings. The van der Waals surface area contributed by atoms with Crippen molar-refractivity contribution in [3.63, 3.8) is 0 Å². The minimum Gasteiger partial charge on any atom is -0.300 e. The molecule has 0 amide bonds. The van der Waals surface area contributed by atoms with E-state index in [9.17, 15) is 4.79 Å². The minimum atomic E-state index is 0.277. The first kappa shape index (κ1) is 17.9. The molecular weight excluding hydrogens is 232 g/mol. The third-order valence-corrected chi connectivity index (χ3v) is 3.11. The summed E-state index contributed by atoms with van der Waals surface area (Å²) in [4.78, 5) is 10.8. The van der Waals surface area contributed by atoms with Crippen molar-refractivity contribution in [3.05, 3.63) is 34.9 Å². The van der Waals surface area contributed by atoms with Gasteiger partial charge in [0.1, 0.15) is 5.78 Å². The monoisotopic (exact) mass is 262 g/mol. The molecule has 0 aromatic rings. The lowest BCUT2D eigenvalue weighted by Crippen LogP contribution is -1.87. The number of allylic oxidation sites excluding steroid dienone is 6. The van der Waals surface area contributed by atoms with Crippen LogP contribution < -0.4 is 0 Å². The fourth-order valence-corrected chi connectivity index (χ4v) is 1.86. The van der Waals surface area contributed by atoms with Gasteiger partial charge in [-0.2, -0.15) is 0 Å². The zero-order valence-corrected chi connectivity index (χ0v) is 13.4. The molecule has 0 spiro atoms. The lowest BCUT2D eigenvalue weighted by molar-refractivity contribution is -0.116. The molecule has 0 atom stereocenters. The summed E-state index contributed by atoms with van der Waals surface area (Å²) in [5.41, 5.74) is 4.28. The van der Waals surface area contributed by atoms with Crippen LogP contribution in [0.15, 0.2) is 34.9 Å². The number of ketones is 1. The van der Waals surface area contributed by atoms with E-state index in [1.54, 1.807) is 6.92 Å². The van der Waals surface area contributed by atoms with Crippen LogP contribution in [-0.4, -0.2) is 5.78 Å². The van der Waals surface area contributed by atoms with Crippen LogP contribution in [0.4, 0.5) is 0 Å². The number of Topliss-reactive ketones (excluding diaryl/α,β-unsaturated/α-hetero) is 1. The van der Waals surface area contributed by atoms with Gasteiger partial charge in [0.05, 0.1) is 0 Å². The summed E-state index contributed by atoms with van der Waals surface area (Å²) in [5, 5.41) is 0. The van der Waals surface area contributed by atoms with Crippen LogP contribution in [0.3, 0.4) is 0 Å². The maximum Gasteiger partial charge on any atom is 0.130 e. The molecule has 0 saturated carbocycles. The van der Waals surface area contributed by atoms with Gasteiger partial charge in [-0.05, 0) is 66.7 Å². The molecule has 0 aliphatic rings. The van der Waals surface area contributed by atoms with Gasteiger partial charge in [-0.3, -0.25) is 0 Å². The largest absolute Gasteiger partial charge is 0.300 e. The summed E-state index contributed by atoms with van der Waals surface area (Å²) < 4.78 is 0. The third-order valence-electron chi connectivity index (χ3n) is 3.11. The first-order valence-corrected chi connectivity index (χ1v) is 7.36. The van der Waals surface area contributed by atoms with Gasteiger partial charge in [-0.1, -0.05) is 34.9 Å². The number of hydrogen-bond donors (Lipinski definition) is 0. The molecule has 0 aliphatic heterocycles. The van der Waals surface area contributed by atoms with Crippen molar-refractivity contribution < 1.29 is 4.79 Å². The highest BCUT2D eigenvalue weighted by Gasteiger charge is 1.93. The number of carbonyl (C=O) groups is 1. The summed E-state index contributed by atoms with van der Waals surface area (Å²) >= 11 is 0. The zero-order chi connectivity index (χ0) is 14.7. The average molecular weight is 262 g/mol. The third kappa shape index (κ3) is 13.1. The lowest BCUT2D eigenvalue weighted by Gasteiger charge is -2.01. The molecule has 0 saturated heterocycles. The van der Waals surface area contributed by atoms with Gasteiger partial charge in [0.25, 0.3) is 0 Å². The van der Waals surface area contributed by atoms with Crippen LogP contribution in [0.25, 0.3) is 0 Å². The normalized spacial score (nSPS) is 12.5. The highest BCUT2D eigenvalue weighted by atomic mass is 16.1. The number of hydrogen-bond acceptors (Lipinski definition) is 1. The molecule has 0 aromatic carbocycles. The van der Waals surface area contributed by atoms with Crippen LogP contribution in [0, 0.1) is 0 Å².